The summed E-state index contributed by atoms with van der Waals surface area (Å²) in [5.41, 5.74) is 10.3. The standard InChI is InChI=1S/C20H25N3O5/c21-23-22-11-17(25)19(27-13-15-7-3-1-4-8-15)20(18(26)12-24)28-14-16-9-5-2-6-10-16/h1-10,17-20,24-26H,11-14H2/t17-,18-,19-,20-/m1/s1. The minimum Gasteiger partial charge on any atom is -0.394 e. The van der Waals surface area contributed by atoms with Crippen LogP contribution in [0.1, 0.15) is 11.1 Å². The van der Waals surface area contributed by atoms with Crippen molar-refractivity contribution in [2.75, 3.05) is 13.2 Å². The molecule has 0 fully saturated rings. The van der Waals surface area contributed by atoms with Gasteiger partial charge in [0.1, 0.15) is 18.3 Å². The Balaban J connectivity index is 2.15. The minimum atomic E-state index is -1.29. The summed E-state index contributed by atoms with van der Waals surface area (Å²) in [6, 6.07) is 18.6. The monoisotopic (exact) mass is 387 g/mol. The summed E-state index contributed by atoms with van der Waals surface area (Å²) in [6.45, 7) is -0.512. The number of rotatable bonds is 12. The maximum Gasteiger partial charge on any atom is 0.115 e. The van der Waals surface area contributed by atoms with Crippen LogP contribution in [0, 0.1) is 0 Å². The molecule has 0 unspecified atom stereocenters. The van der Waals surface area contributed by atoms with Crippen LogP contribution >= 0.6 is 0 Å². The summed E-state index contributed by atoms with van der Waals surface area (Å²) in [5, 5.41) is 33.6. The van der Waals surface area contributed by atoms with Gasteiger partial charge in [0, 0.05) is 4.91 Å². The summed E-state index contributed by atoms with van der Waals surface area (Å²) in [4.78, 5) is 2.65. The summed E-state index contributed by atoms with van der Waals surface area (Å²) < 4.78 is 11.6. The number of hydrogen-bond donors (Lipinski definition) is 3. The largest absolute Gasteiger partial charge is 0.394 e. The first kappa shape index (κ1) is 21.8. The molecular formula is C20H25N3O5. The molecule has 8 heteroatoms. The van der Waals surface area contributed by atoms with Crippen LogP contribution in [-0.2, 0) is 22.7 Å². The van der Waals surface area contributed by atoms with E-state index in [9.17, 15) is 15.3 Å². The Bertz CT molecular complexity index is 725. The fourth-order valence-electron chi connectivity index (χ4n) is 2.71. The molecule has 0 saturated carbocycles. The van der Waals surface area contributed by atoms with Crippen molar-refractivity contribution >= 4 is 0 Å². The molecule has 0 amide bonds. The summed E-state index contributed by atoms with van der Waals surface area (Å²) in [5.74, 6) is 0. The molecule has 0 spiro atoms. The highest BCUT2D eigenvalue weighted by Crippen LogP contribution is 2.18. The Morgan fingerprint density at radius 2 is 1.29 bits per heavy atom. The fraction of sp³-hybridized carbons (Fsp3) is 0.400. The van der Waals surface area contributed by atoms with E-state index in [0.717, 1.165) is 11.1 Å². The number of aliphatic hydroxyl groups excluding tert-OH is 3. The molecule has 2 aromatic carbocycles. The van der Waals surface area contributed by atoms with E-state index in [2.05, 4.69) is 10.0 Å². The number of ether oxygens (including phenoxy) is 2. The van der Waals surface area contributed by atoms with E-state index >= 15 is 0 Å². The van der Waals surface area contributed by atoms with Gasteiger partial charge in [0.2, 0.25) is 0 Å². The average molecular weight is 387 g/mol. The van der Waals surface area contributed by atoms with E-state index in [1.807, 2.05) is 60.7 Å². The van der Waals surface area contributed by atoms with E-state index in [1.54, 1.807) is 0 Å². The molecule has 2 rings (SSSR count). The quantitative estimate of drug-likeness (QED) is 0.292. The zero-order valence-electron chi connectivity index (χ0n) is 15.4. The van der Waals surface area contributed by atoms with Crippen molar-refractivity contribution in [2.45, 2.75) is 37.6 Å². The fourth-order valence-corrected chi connectivity index (χ4v) is 2.71. The Labute approximate surface area is 163 Å². The van der Waals surface area contributed by atoms with Gasteiger partial charge in [-0.3, -0.25) is 0 Å². The average Bonchev–Trinajstić information content (AvgIpc) is 2.75. The maximum absolute atomic E-state index is 10.5. The molecule has 0 saturated heterocycles. The van der Waals surface area contributed by atoms with Crippen molar-refractivity contribution in [3.05, 3.63) is 82.2 Å². The molecule has 0 aromatic heterocycles. The van der Waals surface area contributed by atoms with Crippen LogP contribution in [0.2, 0.25) is 0 Å². The lowest BCUT2D eigenvalue weighted by atomic mass is 10.0. The normalized spacial score (nSPS) is 15.2. The van der Waals surface area contributed by atoms with Crippen molar-refractivity contribution in [2.24, 2.45) is 5.11 Å². The molecule has 0 heterocycles. The van der Waals surface area contributed by atoms with Crippen molar-refractivity contribution in [3.8, 4) is 0 Å². The van der Waals surface area contributed by atoms with E-state index < -0.39 is 31.0 Å². The first-order chi connectivity index (χ1) is 13.7. The van der Waals surface area contributed by atoms with Gasteiger partial charge in [-0.25, -0.2) is 0 Å². The van der Waals surface area contributed by atoms with E-state index in [0.29, 0.717) is 0 Å². The van der Waals surface area contributed by atoms with Gasteiger partial charge in [0.15, 0.2) is 0 Å². The summed E-state index contributed by atoms with van der Waals surface area (Å²) in [7, 11) is 0. The van der Waals surface area contributed by atoms with Crippen molar-refractivity contribution in [1.82, 2.24) is 0 Å². The van der Waals surface area contributed by atoms with Gasteiger partial charge in [-0.1, -0.05) is 65.8 Å². The van der Waals surface area contributed by atoms with Crippen LogP contribution in [0.15, 0.2) is 65.8 Å². The lowest BCUT2D eigenvalue weighted by molar-refractivity contribution is -0.170. The van der Waals surface area contributed by atoms with Crippen LogP contribution < -0.4 is 0 Å². The van der Waals surface area contributed by atoms with Crippen molar-refractivity contribution < 1.29 is 24.8 Å². The van der Waals surface area contributed by atoms with Gasteiger partial charge in [-0.15, -0.1) is 0 Å². The zero-order valence-corrected chi connectivity index (χ0v) is 15.4. The predicted octanol–water partition coefficient (Wildman–Crippen LogP) is 2.18. The van der Waals surface area contributed by atoms with Crippen molar-refractivity contribution in [3.63, 3.8) is 0 Å². The van der Waals surface area contributed by atoms with Crippen LogP contribution in [-0.4, -0.2) is 52.9 Å². The van der Waals surface area contributed by atoms with Crippen LogP contribution in [0.3, 0.4) is 0 Å². The Hall–Kier alpha value is -2.45. The van der Waals surface area contributed by atoms with Gasteiger partial charge in [0.25, 0.3) is 0 Å². The van der Waals surface area contributed by atoms with Gasteiger partial charge in [-0.05, 0) is 16.7 Å². The molecule has 0 bridgehead atoms. The van der Waals surface area contributed by atoms with Crippen LogP contribution in [0.25, 0.3) is 10.4 Å². The molecule has 0 radical (unpaired) electrons. The number of aliphatic hydroxyl groups is 3. The topological polar surface area (TPSA) is 128 Å². The second-order valence-electron chi connectivity index (χ2n) is 6.25. The molecule has 0 aliphatic carbocycles. The number of nitrogens with zero attached hydrogens (tertiary/aromatic N) is 3. The minimum absolute atomic E-state index is 0.155. The van der Waals surface area contributed by atoms with E-state index in [-0.39, 0.29) is 19.8 Å². The third-order valence-corrected chi connectivity index (χ3v) is 4.17. The lowest BCUT2D eigenvalue weighted by Gasteiger charge is -2.33. The second-order valence-corrected chi connectivity index (χ2v) is 6.25. The SMILES string of the molecule is [N-]=[N+]=NC[C@@H](O)[C@@H](OCc1ccccc1)[C@H](OCc1ccccc1)[C@H](O)CO. The first-order valence-electron chi connectivity index (χ1n) is 8.94. The van der Waals surface area contributed by atoms with Gasteiger partial charge < -0.3 is 24.8 Å². The molecule has 0 aliphatic heterocycles. The van der Waals surface area contributed by atoms with Crippen LogP contribution in [0.4, 0.5) is 0 Å². The molecule has 28 heavy (non-hydrogen) atoms. The Morgan fingerprint density at radius 1 is 0.821 bits per heavy atom. The predicted molar refractivity (Wildman–Crippen MR) is 103 cm³/mol. The first-order valence-corrected chi connectivity index (χ1v) is 8.94. The molecule has 2 aromatic rings. The second kappa shape index (κ2) is 12.1. The number of hydrogen-bond acceptors (Lipinski definition) is 6. The third kappa shape index (κ3) is 6.94. The van der Waals surface area contributed by atoms with E-state index in [1.165, 1.54) is 0 Å². The van der Waals surface area contributed by atoms with Gasteiger partial charge >= 0.3 is 0 Å². The maximum atomic E-state index is 10.5. The molecule has 150 valence electrons. The summed E-state index contributed by atoms with van der Waals surface area (Å²) in [6.07, 6.45) is -4.55. The number of benzene rings is 2. The van der Waals surface area contributed by atoms with Gasteiger partial charge in [-0.2, -0.15) is 0 Å². The smallest absolute Gasteiger partial charge is 0.115 e. The zero-order chi connectivity index (χ0) is 20.2. The highest BCUT2D eigenvalue weighted by Gasteiger charge is 2.35. The third-order valence-electron chi connectivity index (χ3n) is 4.17. The molecule has 3 N–H and O–H groups in total. The highest BCUT2D eigenvalue weighted by atomic mass is 16.6. The lowest BCUT2D eigenvalue weighted by Crippen LogP contribution is -2.49. The van der Waals surface area contributed by atoms with Crippen molar-refractivity contribution in [1.29, 1.82) is 0 Å². The molecular weight excluding hydrogens is 362 g/mol. The summed E-state index contributed by atoms with van der Waals surface area (Å²) >= 11 is 0. The van der Waals surface area contributed by atoms with E-state index in [4.69, 9.17) is 15.0 Å². The Kier molecular flexibility index (Phi) is 9.44. The van der Waals surface area contributed by atoms with Gasteiger partial charge in [0.05, 0.1) is 32.5 Å². The molecule has 4 atom stereocenters. The Morgan fingerprint density at radius 3 is 1.71 bits per heavy atom. The van der Waals surface area contributed by atoms with Crippen LogP contribution in [0.5, 0.6) is 0 Å². The number of azide groups is 1. The highest BCUT2D eigenvalue weighted by molar-refractivity contribution is 5.14. The molecule has 8 nitrogen and oxygen atoms in total. The molecule has 0 aliphatic rings.